The predicted molar refractivity (Wildman–Crippen MR) is 145 cm³/mol. The fourth-order valence-electron chi connectivity index (χ4n) is 3.57. The molecule has 0 heterocycles. The second kappa shape index (κ2) is 11.4. The number of halogens is 2. The van der Waals surface area contributed by atoms with Crippen LogP contribution in [0.4, 0.5) is 0 Å². The van der Waals surface area contributed by atoms with Crippen LogP contribution in [0.15, 0.2) is 86.8 Å². The minimum atomic E-state index is -0.395. The van der Waals surface area contributed by atoms with Crippen LogP contribution >= 0.6 is 31.9 Å². The lowest BCUT2D eigenvalue weighted by Crippen LogP contribution is -2.18. The number of hydrogen-bond acceptors (Lipinski definition) is 5. The zero-order valence-electron chi connectivity index (χ0n) is 19.0. The largest absolute Gasteiger partial charge is 0.497 e. The van der Waals surface area contributed by atoms with Crippen LogP contribution in [-0.4, -0.2) is 26.3 Å². The smallest absolute Gasteiger partial charge is 0.275 e. The summed E-state index contributed by atoms with van der Waals surface area (Å²) in [5.41, 5.74) is 4.74. The van der Waals surface area contributed by atoms with E-state index in [0.29, 0.717) is 29.4 Å². The van der Waals surface area contributed by atoms with E-state index >= 15 is 0 Å². The molecule has 1 amide bonds. The van der Waals surface area contributed by atoms with Crippen LogP contribution in [0.5, 0.6) is 17.2 Å². The Morgan fingerprint density at radius 2 is 1.69 bits per heavy atom. The van der Waals surface area contributed by atoms with Gasteiger partial charge in [-0.3, -0.25) is 4.79 Å². The first-order valence-electron chi connectivity index (χ1n) is 10.6. The first-order valence-corrected chi connectivity index (χ1v) is 12.2. The molecule has 1 N–H and O–H groups in total. The van der Waals surface area contributed by atoms with Crippen LogP contribution in [0, 0.1) is 0 Å². The van der Waals surface area contributed by atoms with E-state index in [1.165, 1.54) is 12.5 Å². The lowest BCUT2D eigenvalue weighted by atomic mass is 10.1. The van der Waals surface area contributed by atoms with Gasteiger partial charge < -0.3 is 14.2 Å². The number of amides is 1. The fourth-order valence-corrected chi connectivity index (χ4v) is 5.02. The molecule has 0 aliphatic rings. The number of hydrogen-bond donors (Lipinski definition) is 1. The van der Waals surface area contributed by atoms with Gasteiger partial charge in [0.2, 0.25) is 0 Å². The number of carbonyl (C=O) groups is 1. The Kier molecular flexibility index (Phi) is 8.05. The maximum atomic E-state index is 12.5. The highest BCUT2D eigenvalue weighted by Crippen LogP contribution is 2.35. The maximum Gasteiger partial charge on any atom is 0.275 e. The number of nitrogens with zero attached hydrogens (tertiary/aromatic N) is 1. The summed E-state index contributed by atoms with van der Waals surface area (Å²) in [5, 5.41) is 6.42. The van der Waals surface area contributed by atoms with Crippen LogP contribution in [0.3, 0.4) is 0 Å². The average molecular weight is 598 g/mol. The number of hydrazone groups is 1. The number of rotatable bonds is 8. The van der Waals surface area contributed by atoms with Crippen molar-refractivity contribution in [2.45, 2.75) is 6.61 Å². The molecule has 0 bridgehead atoms. The van der Waals surface area contributed by atoms with Crippen molar-refractivity contribution in [3.8, 4) is 17.2 Å². The van der Waals surface area contributed by atoms with Gasteiger partial charge in [-0.1, -0.05) is 42.5 Å². The second-order valence-electron chi connectivity index (χ2n) is 7.51. The van der Waals surface area contributed by atoms with Crippen LogP contribution in [0.25, 0.3) is 10.8 Å². The van der Waals surface area contributed by atoms with Crippen molar-refractivity contribution in [1.29, 1.82) is 0 Å². The Hall–Kier alpha value is -3.36. The topological polar surface area (TPSA) is 69.2 Å². The van der Waals surface area contributed by atoms with Gasteiger partial charge in [0.15, 0.2) is 0 Å². The summed E-state index contributed by atoms with van der Waals surface area (Å²) in [6, 6.07) is 23.1. The zero-order valence-corrected chi connectivity index (χ0v) is 22.2. The molecule has 0 saturated heterocycles. The SMILES string of the molecule is COc1ccc(C(=O)N/N=C\c2cc(Br)c(OCc3cccc4ccccc34)c(Br)c2)c(OC)c1. The molecule has 0 atom stereocenters. The third-order valence-electron chi connectivity index (χ3n) is 5.31. The van der Waals surface area contributed by atoms with E-state index in [1.54, 1.807) is 31.5 Å². The summed E-state index contributed by atoms with van der Waals surface area (Å²) in [6.07, 6.45) is 1.55. The summed E-state index contributed by atoms with van der Waals surface area (Å²) < 4.78 is 18.1. The summed E-state index contributed by atoms with van der Waals surface area (Å²) >= 11 is 7.16. The highest BCUT2D eigenvalue weighted by atomic mass is 79.9. The molecule has 0 spiro atoms. The van der Waals surface area contributed by atoms with E-state index in [9.17, 15) is 4.79 Å². The minimum absolute atomic E-state index is 0.352. The minimum Gasteiger partial charge on any atom is -0.497 e. The molecule has 0 radical (unpaired) electrons. The molecule has 35 heavy (non-hydrogen) atoms. The van der Waals surface area contributed by atoms with E-state index < -0.39 is 5.91 Å². The molecular formula is C27H22Br2N2O4. The van der Waals surface area contributed by atoms with Crippen LogP contribution in [-0.2, 0) is 6.61 Å². The molecule has 0 unspecified atom stereocenters. The first-order chi connectivity index (χ1) is 17.0. The monoisotopic (exact) mass is 596 g/mol. The van der Waals surface area contributed by atoms with Crippen LogP contribution in [0.1, 0.15) is 21.5 Å². The highest BCUT2D eigenvalue weighted by Gasteiger charge is 2.13. The predicted octanol–water partition coefficient (Wildman–Crippen LogP) is 6.72. The van der Waals surface area contributed by atoms with Gasteiger partial charge in [-0.2, -0.15) is 5.10 Å². The summed E-state index contributed by atoms with van der Waals surface area (Å²) in [4.78, 5) is 12.5. The van der Waals surface area contributed by atoms with E-state index in [2.05, 4.69) is 66.7 Å². The Labute approximate surface area is 220 Å². The standard InChI is InChI=1S/C27H22Br2N2O4/c1-33-20-10-11-22(25(14-20)34-2)27(32)31-30-15-17-12-23(28)26(24(29)13-17)35-16-19-8-5-7-18-6-3-4-9-21(18)19/h3-15H,16H2,1-2H3,(H,31,32)/b30-15-. The number of fused-ring (bicyclic) bond motifs is 1. The van der Waals surface area contributed by atoms with E-state index in [-0.39, 0.29) is 0 Å². The van der Waals surface area contributed by atoms with Crippen LogP contribution in [0.2, 0.25) is 0 Å². The molecule has 4 aromatic carbocycles. The zero-order chi connectivity index (χ0) is 24.8. The first kappa shape index (κ1) is 24.8. The Morgan fingerprint density at radius 3 is 2.43 bits per heavy atom. The highest BCUT2D eigenvalue weighted by molar-refractivity contribution is 9.11. The van der Waals surface area contributed by atoms with Gasteiger partial charge in [0.1, 0.15) is 23.9 Å². The molecule has 4 rings (SSSR count). The number of methoxy groups -OCH3 is 2. The van der Waals surface area contributed by atoms with Crippen molar-refractivity contribution in [3.63, 3.8) is 0 Å². The van der Waals surface area contributed by atoms with Crippen molar-refractivity contribution < 1.29 is 19.0 Å². The lowest BCUT2D eigenvalue weighted by Gasteiger charge is -2.13. The number of ether oxygens (including phenoxy) is 3. The molecule has 6 nitrogen and oxygen atoms in total. The van der Waals surface area contributed by atoms with Crippen molar-refractivity contribution in [2.24, 2.45) is 5.10 Å². The summed E-state index contributed by atoms with van der Waals surface area (Å²) in [6.45, 7) is 0.422. The molecule has 8 heteroatoms. The molecule has 0 saturated carbocycles. The van der Waals surface area contributed by atoms with E-state index in [1.807, 2.05) is 30.3 Å². The third kappa shape index (κ3) is 5.83. The van der Waals surface area contributed by atoms with Gasteiger partial charge in [-0.05, 0) is 78.0 Å². The molecule has 0 fully saturated rings. The van der Waals surface area contributed by atoms with Crippen LogP contribution < -0.4 is 19.6 Å². The lowest BCUT2D eigenvalue weighted by molar-refractivity contribution is 0.0952. The Bertz CT molecular complexity index is 1380. The maximum absolute atomic E-state index is 12.5. The van der Waals surface area contributed by atoms with Crippen molar-refractivity contribution in [3.05, 3.63) is 98.4 Å². The quantitative estimate of drug-likeness (QED) is 0.181. The van der Waals surface area contributed by atoms with Crippen molar-refractivity contribution in [1.82, 2.24) is 5.43 Å². The Balaban J connectivity index is 1.44. The molecule has 4 aromatic rings. The summed E-state index contributed by atoms with van der Waals surface area (Å²) in [5.74, 6) is 1.28. The van der Waals surface area contributed by atoms with Crippen molar-refractivity contribution >= 4 is 54.8 Å². The molecule has 0 aliphatic heterocycles. The summed E-state index contributed by atoms with van der Waals surface area (Å²) in [7, 11) is 3.04. The molecule has 178 valence electrons. The normalized spacial score (nSPS) is 11.0. The van der Waals surface area contributed by atoms with Crippen molar-refractivity contribution in [2.75, 3.05) is 14.2 Å². The van der Waals surface area contributed by atoms with Gasteiger partial charge in [0.05, 0.1) is 34.9 Å². The molecule has 0 aromatic heterocycles. The van der Waals surface area contributed by atoms with Gasteiger partial charge in [-0.25, -0.2) is 5.43 Å². The molecule has 0 aliphatic carbocycles. The van der Waals surface area contributed by atoms with E-state index in [4.69, 9.17) is 14.2 Å². The third-order valence-corrected chi connectivity index (χ3v) is 6.48. The number of benzene rings is 4. The Morgan fingerprint density at radius 1 is 0.943 bits per heavy atom. The van der Waals surface area contributed by atoms with Gasteiger partial charge in [0.25, 0.3) is 5.91 Å². The number of nitrogens with one attached hydrogen (secondary N) is 1. The number of carbonyl (C=O) groups excluding carboxylic acids is 1. The molecular weight excluding hydrogens is 576 g/mol. The van der Waals surface area contributed by atoms with Gasteiger partial charge in [0, 0.05) is 6.07 Å². The van der Waals surface area contributed by atoms with Gasteiger partial charge in [-0.15, -0.1) is 0 Å². The van der Waals surface area contributed by atoms with Gasteiger partial charge >= 0.3 is 0 Å². The second-order valence-corrected chi connectivity index (χ2v) is 9.21. The fraction of sp³-hybridized carbons (Fsp3) is 0.111. The van der Waals surface area contributed by atoms with E-state index in [0.717, 1.165) is 25.5 Å². The average Bonchev–Trinajstić information content (AvgIpc) is 2.87.